The summed E-state index contributed by atoms with van der Waals surface area (Å²) in [5.41, 5.74) is 0.876. The molecule has 15 heavy (non-hydrogen) atoms. The van der Waals surface area contributed by atoms with Crippen molar-refractivity contribution in [3.05, 3.63) is 15.6 Å². The van der Waals surface area contributed by atoms with Crippen LogP contribution < -0.4 is 0 Å². The Kier molecular flexibility index (Phi) is 3.17. The van der Waals surface area contributed by atoms with E-state index >= 15 is 0 Å². The molecular weight excluding hydrogens is 210 g/mol. The molecule has 1 atom stereocenters. The van der Waals surface area contributed by atoms with E-state index < -0.39 is 0 Å². The van der Waals surface area contributed by atoms with Gasteiger partial charge < -0.3 is 4.74 Å². The van der Waals surface area contributed by atoms with Crippen molar-refractivity contribution in [1.82, 2.24) is 4.98 Å². The summed E-state index contributed by atoms with van der Waals surface area (Å²) in [6.45, 7) is 5.39. The van der Waals surface area contributed by atoms with Gasteiger partial charge in [-0.25, -0.2) is 4.98 Å². The summed E-state index contributed by atoms with van der Waals surface area (Å²) in [7, 11) is 0. The molecule has 0 aromatic carbocycles. The number of nitrogens with zero attached hydrogens (tertiary/aromatic N) is 1. The lowest BCUT2D eigenvalue weighted by atomic mass is 10.0. The van der Waals surface area contributed by atoms with Crippen molar-refractivity contribution in [2.75, 3.05) is 13.2 Å². The van der Waals surface area contributed by atoms with Crippen LogP contribution in [0.25, 0.3) is 0 Å². The molecule has 0 aliphatic carbocycles. The maximum Gasteiger partial charge on any atom is 0.175 e. The maximum absolute atomic E-state index is 11.9. The smallest absolute Gasteiger partial charge is 0.175 e. The molecule has 0 amide bonds. The van der Waals surface area contributed by atoms with Gasteiger partial charge >= 0.3 is 0 Å². The van der Waals surface area contributed by atoms with Gasteiger partial charge in [0.1, 0.15) is 0 Å². The molecule has 0 spiro atoms. The second-order valence-electron chi connectivity index (χ2n) is 4.00. The molecule has 2 heterocycles. The largest absolute Gasteiger partial charge is 0.381 e. The molecule has 0 N–H and O–H groups in total. The Morgan fingerprint density at radius 2 is 2.40 bits per heavy atom. The van der Waals surface area contributed by atoms with Gasteiger partial charge in [-0.05, 0) is 26.2 Å². The minimum Gasteiger partial charge on any atom is -0.381 e. The molecule has 0 bridgehead atoms. The number of ketones is 1. The maximum atomic E-state index is 11.9. The predicted molar refractivity (Wildman–Crippen MR) is 59.5 cm³/mol. The van der Waals surface area contributed by atoms with E-state index in [9.17, 15) is 4.79 Å². The Morgan fingerprint density at radius 3 is 2.93 bits per heavy atom. The molecule has 1 fully saturated rings. The summed E-state index contributed by atoms with van der Waals surface area (Å²) in [4.78, 5) is 17.1. The third-order valence-electron chi connectivity index (χ3n) is 2.65. The highest BCUT2D eigenvalue weighted by atomic mass is 32.1. The Labute approximate surface area is 93.5 Å². The van der Waals surface area contributed by atoms with Crippen molar-refractivity contribution in [3.63, 3.8) is 0 Å². The highest BCUT2D eigenvalue weighted by Gasteiger charge is 2.22. The average Bonchev–Trinajstić information content (AvgIpc) is 2.75. The van der Waals surface area contributed by atoms with E-state index in [-0.39, 0.29) is 5.78 Å². The molecule has 0 radical (unpaired) electrons. The van der Waals surface area contributed by atoms with Crippen molar-refractivity contribution < 1.29 is 9.53 Å². The predicted octanol–water partition coefficient (Wildman–Crippen LogP) is 2.37. The van der Waals surface area contributed by atoms with Gasteiger partial charge in [-0.2, -0.15) is 0 Å². The molecule has 1 unspecified atom stereocenters. The van der Waals surface area contributed by atoms with Crippen molar-refractivity contribution in [1.29, 1.82) is 0 Å². The monoisotopic (exact) mass is 225 g/mol. The fraction of sp³-hybridized carbons (Fsp3) is 0.636. The number of aryl methyl sites for hydroxylation is 2. The number of Topliss-reactive ketones (excluding diaryl/α,β-unsaturated/α-hetero) is 1. The zero-order valence-corrected chi connectivity index (χ0v) is 9.89. The van der Waals surface area contributed by atoms with Crippen molar-refractivity contribution in [3.8, 4) is 0 Å². The van der Waals surface area contributed by atoms with E-state index in [1.807, 2.05) is 13.8 Å². The van der Waals surface area contributed by atoms with Crippen molar-refractivity contribution in [2.45, 2.75) is 26.7 Å². The van der Waals surface area contributed by atoms with Crippen LogP contribution in [0, 0.1) is 19.8 Å². The first-order chi connectivity index (χ1) is 7.16. The van der Waals surface area contributed by atoms with Crippen LogP contribution in [0.5, 0.6) is 0 Å². The van der Waals surface area contributed by atoms with Crippen LogP contribution in [0.1, 0.15) is 33.2 Å². The summed E-state index contributed by atoms with van der Waals surface area (Å²) in [6.07, 6.45) is 1.63. The number of thiazole rings is 1. The minimum atomic E-state index is 0.230. The van der Waals surface area contributed by atoms with Gasteiger partial charge in [-0.15, -0.1) is 11.3 Å². The first-order valence-corrected chi connectivity index (χ1v) is 6.03. The van der Waals surface area contributed by atoms with Gasteiger partial charge in [0.05, 0.1) is 15.6 Å². The third kappa shape index (κ3) is 2.44. The number of aromatic nitrogens is 1. The van der Waals surface area contributed by atoms with Crippen LogP contribution in [-0.2, 0) is 4.74 Å². The van der Waals surface area contributed by atoms with Crippen molar-refractivity contribution >= 4 is 17.1 Å². The van der Waals surface area contributed by atoms with Gasteiger partial charge in [0.25, 0.3) is 0 Å². The molecule has 1 aliphatic heterocycles. The Morgan fingerprint density at radius 1 is 1.60 bits per heavy atom. The standard InChI is InChI=1S/C11H15NO2S/c1-7-11(15-8(2)12-7)10(13)5-9-3-4-14-6-9/h9H,3-6H2,1-2H3. The summed E-state index contributed by atoms with van der Waals surface area (Å²) < 4.78 is 5.26. The van der Waals surface area contributed by atoms with Gasteiger partial charge in [0, 0.05) is 19.6 Å². The number of carbonyl (C=O) groups excluding carboxylic acids is 1. The average molecular weight is 225 g/mol. The summed E-state index contributed by atoms with van der Waals surface area (Å²) in [6, 6.07) is 0. The third-order valence-corrected chi connectivity index (χ3v) is 3.77. The number of rotatable bonds is 3. The first-order valence-electron chi connectivity index (χ1n) is 5.22. The van der Waals surface area contributed by atoms with E-state index in [1.165, 1.54) is 11.3 Å². The summed E-state index contributed by atoms with van der Waals surface area (Å²) in [5, 5.41) is 0.971. The number of ether oxygens (including phenoxy) is 1. The van der Waals surface area contributed by atoms with E-state index in [2.05, 4.69) is 4.98 Å². The quantitative estimate of drug-likeness (QED) is 0.741. The molecule has 1 aromatic rings. The van der Waals surface area contributed by atoms with Gasteiger partial charge in [-0.1, -0.05) is 0 Å². The molecule has 3 nitrogen and oxygen atoms in total. The van der Waals surface area contributed by atoms with E-state index in [0.29, 0.717) is 12.3 Å². The summed E-state index contributed by atoms with van der Waals surface area (Å²) >= 11 is 1.50. The molecule has 0 saturated carbocycles. The van der Waals surface area contributed by atoms with Gasteiger partial charge in [-0.3, -0.25) is 4.79 Å². The highest BCUT2D eigenvalue weighted by Crippen LogP contribution is 2.23. The van der Waals surface area contributed by atoms with E-state index in [4.69, 9.17) is 4.74 Å². The van der Waals surface area contributed by atoms with Crippen LogP contribution in [0.15, 0.2) is 0 Å². The Balaban J connectivity index is 2.03. The summed E-state index contributed by atoms with van der Waals surface area (Å²) in [5.74, 6) is 0.646. The number of carbonyl (C=O) groups is 1. The fourth-order valence-corrected chi connectivity index (χ4v) is 2.76. The molecular formula is C11H15NO2S. The van der Waals surface area contributed by atoms with Crippen LogP contribution in [0.3, 0.4) is 0 Å². The molecule has 1 saturated heterocycles. The van der Waals surface area contributed by atoms with Crippen molar-refractivity contribution in [2.24, 2.45) is 5.92 Å². The second-order valence-corrected chi connectivity index (χ2v) is 5.21. The first kappa shape index (κ1) is 10.8. The second kappa shape index (κ2) is 4.41. The normalized spacial score (nSPS) is 20.8. The van der Waals surface area contributed by atoms with E-state index in [0.717, 1.165) is 35.2 Å². The number of hydrogen-bond donors (Lipinski definition) is 0. The van der Waals surface area contributed by atoms with Crippen LogP contribution in [-0.4, -0.2) is 24.0 Å². The fourth-order valence-electron chi connectivity index (χ4n) is 1.89. The highest BCUT2D eigenvalue weighted by molar-refractivity contribution is 7.13. The van der Waals surface area contributed by atoms with Crippen LogP contribution in [0.2, 0.25) is 0 Å². The van der Waals surface area contributed by atoms with Gasteiger partial charge in [0.2, 0.25) is 0 Å². The molecule has 4 heteroatoms. The molecule has 1 aromatic heterocycles. The number of hydrogen-bond acceptors (Lipinski definition) is 4. The lowest BCUT2D eigenvalue weighted by Gasteiger charge is -2.04. The zero-order valence-electron chi connectivity index (χ0n) is 9.08. The Hall–Kier alpha value is -0.740. The lowest BCUT2D eigenvalue weighted by molar-refractivity contribution is 0.0956. The van der Waals surface area contributed by atoms with Gasteiger partial charge in [0.15, 0.2) is 5.78 Å². The Bertz CT molecular complexity index is 367. The minimum absolute atomic E-state index is 0.230. The zero-order chi connectivity index (χ0) is 10.8. The van der Waals surface area contributed by atoms with Crippen LogP contribution >= 0.6 is 11.3 Å². The lowest BCUT2D eigenvalue weighted by Crippen LogP contribution is -2.08. The molecule has 82 valence electrons. The molecule has 1 aliphatic rings. The van der Waals surface area contributed by atoms with Crippen LogP contribution in [0.4, 0.5) is 0 Å². The SMILES string of the molecule is Cc1nc(C)c(C(=O)CC2CCOC2)s1. The topological polar surface area (TPSA) is 39.2 Å². The van der Waals surface area contributed by atoms with E-state index in [1.54, 1.807) is 0 Å². The molecule has 2 rings (SSSR count).